The first-order valence-corrected chi connectivity index (χ1v) is 12.9. The van der Waals surface area contributed by atoms with Crippen LogP contribution in [0.15, 0.2) is 83.5 Å². The number of aryl methyl sites for hydroxylation is 2. The number of fused-ring (bicyclic) bond motifs is 14. The van der Waals surface area contributed by atoms with Gasteiger partial charge in [-0.15, -0.1) is 9.13 Å². The van der Waals surface area contributed by atoms with Crippen LogP contribution in [0.4, 0.5) is 0 Å². The van der Waals surface area contributed by atoms with E-state index in [1.165, 1.54) is 68.8 Å². The highest BCUT2D eigenvalue weighted by atomic mass is 16.3. The van der Waals surface area contributed by atoms with Gasteiger partial charge in [-0.2, -0.15) is 0 Å². The Morgan fingerprint density at radius 2 is 1.63 bits per heavy atom. The van der Waals surface area contributed by atoms with Gasteiger partial charge in [-0.05, 0) is 61.1 Å². The number of hydrogen-bond donors (Lipinski definition) is 0. The number of rotatable bonds is 1. The lowest BCUT2D eigenvalue weighted by molar-refractivity contribution is -0.955. The predicted octanol–water partition coefficient (Wildman–Crippen LogP) is 6.27. The second kappa shape index (κ2) is 6.69. The molecule has 3 aromatic heterocycles. The van der Waals surface area contributed by atoms with Gasteiger partial charge in [-0.1, -0.05) is 26.0 Å². The third-order valence-electron chi connectivity index (χ3n) is 8.54. The molecule has 3 nitrogen and oxygen atoms in total. The first-order chi connectivity index (χ1) is 17.2. The summed E-state index contributed by atoms with van der Waals surface area (Å²) in [6, 6.07) is 24.9. The topological polar surface area (TPSA) is 20.9 Å². The largest absolute Gasteiger partial charge is 0.460 e. The van der Waals surface area contributed by atoms with E-state index in [0.717, 1.165) is 18.4 Å². The molecule has 0 radical (unpaired) electrons. The fourth-order valence-corrected chi connectivity index (χ4v) is 6.96. The molecule has 2 aromatic carbocycles. The van der Waals surface area contributed by atoms with Gasteiger partial charge >= 0.3 is 5.66 Å². The van der Waals surface area contributed by atoms with Gasteiger partial charge in [0, 0.05) is 41.6 Å². The zero-order valence-corrected chi connectivity index (χ0v) is 20.2. The fraction of sp³-hybridized carbons (Fsp3) is 0.250. The highest BCUT2D eigenvalue weighted by molar-refractivity contribution is 5.97. The molecule has 1 spiro atoms. The Kier molecular flexibility index (Phi) is 3.74. The Morgan fingerprint density at radius 3 is 2.54 bits per heavy atom. The van der Waals surface area contributed by atoms with E-state index < -0.39 is 5.66 Å². The van der Waals surface area contributed by atoms with Crippen molar-refractivity contribution in [3.05, 3.63) is 107 Å². The van der Waals surface area contributed by atoms with Crippen LogP contribution < -0.4 is 9.13 Å². The molecule has 0 N–H and O–H groups in total. The molecule has 3 aliphatic rings. The summed E-state index contributed by atoms with van der Waals surface area (Å²) in [4.78, 5) is 0. The molecule has 5 aromatic rings. The van der Waals surface area contributed by atoms with Crippen molar-refractivity contribution < 1.29 is 13.6 Å². The highest BCUT2D eigenvalue weighted by Gasteiger charge is 2.67. The van der Waals surface area contributed by atoms with Crippen LogP contribution in [-0.4, -0.2) is 0 Å². The minimum Gasteiger partial charge on any atom is -0.460 e. The monoisotopic (exact) mass is 456 g/mol. The molecule has 0 amide bonds. The Morgan fingerprint density at radius 1 is 0.800 bits per heavy atom. The number of furan rings is 1. The van der Waals surface area contributed by atoms with E-state index in [0.29, 0.717) is 5.92 Å². The lowest BCUT2D eigenvalue weighted by atomic mass is 9.88. The summed E-state index contributed by atoms with van der Waals surface area (Å²) in [6.07, 6.45) is 9.20. The van der Waals surface area contributed by atoms with Crippen molar-refractivity contribution in [3.63, 3.8) is 0 Å². The van der Waals surface area contributed by atoms with Crippen molar-refractivity contribution in [1.82, 2.24) is 0 Å². The number of hydrogen-bond acceptors (Lipinski definition) is 1. The molecule has 170 valence electrons. The normalized spacial score (nSPS) is 19.1. The van der Waals surface area contributed by atoms with Crippen LogP contribution in [0.1, 0.15) is 60.6 Å². The van der Waals surface area contributed by atoms with Gasteiger partial charge in [0.25, 0.3) is 0 Å². The zero-order valence-electron chi connectivity index (χ0n) is 20.2. The zero-order chi connectivity index (χ0) is 23.3. The molecule has 3 heteroatoms. The van der Waals surface area contributed by atoms with Crippen LogP contribution in [-0.2, 0) is 18.5 Å². The molecule has 1 atom stereocenters. The predicted molar refractivity (Wildman–Crippen MR) is 136 cm³/mol. The van der Waals surface area contributed by atoms with Crippen molar-refractivity contribution in [2.45, 2.75) is 51.1 Å². The number of pyridine rings is 2. The molecule has 2 aliphatic heterocycles. The molecule has 0 saturated heterocycles. The minimum atomic E-state index is -0.463. The average molecular weight is 457 g/mol. The second-order valence-corrected chi connectivity index (χ2v) is 10.6. The van der Waals surface area contributed by atoms with Crippen molar-refractivity contribution in [3.8, 4) is 22.5 Å². The first kappa shape index (κ1) is 19.6. The minimum absolute atomic E-state index is 0.459. The van der Waals surface area contributed by atoms with Crippen molar-refractivity contribution in [2.24, 2.45) is 0 Å². The first-order valence-electron chi connectivity index (χ1n) is 12.9. The van der Waals surface area contributed by atoms with Gasteiger partial charge in [0.05, 0.1) is 5.56 Å². The summed E-state index contributed by atoms with van der Waals surface area (Å²) in [5.74, 6) is 1.66. The van der Waals surface area contributed by atoms with Gasteiger partial charge < -0.3 is 4.42 Å². The molecule has 5 heterocycles. The SMILES string of the molecule is CC(C)c1cc[n+]2c(c1)-c1c(ccc3c4c(oc13)CCCC4)C21c2ccccc2-c2cccc[n+]21. The van der Waals surface area contributed by atoms with Crippen molar-refractivity contribution in [2.75, 3.05) is 0 Å². The van der Waals surface area contributed by atoms with E-state index in [1.54, 1.807) is 0 Å². The third-order valence-corrected chi connectivity index (χ3v) is 8.54. The summed E-state index contributed by atoms with van der Waals surface area (Å²) in [5.41, 5.74) is 11.1. The van der Waals surface area contributed by atoms with E-state index in [4.69, 9.17) is 4.42 Å². The summed E-state index contributed by atoms with van der Waals surface area (Å²) >= 11 is 0. The maximum Gasteiger partial charge on any atom is 0.417 e. The number of nitrogens with zero attached hydrogens (tertiary/aromatic N) is 2. The highest BCUT2D eigenvalue weighted by Crippen LogP contribution is 2.50. The van der Waals surface area contributed by atoms with Crippen LogP contribution in [0.2, 0.25) is 0 Å². The maximum atomic E-state index is 6.75. The second-order valence-electron chi connectivity index (χ2n) is 10.6. The Labute approximate surface area is 205 Å². The van der Waals surface area contributed by atoms with Gasteiger partial charge in [-0.3, -0.25) is 0 Å². The molecule has 0 fully saturated rings. The maximum absolute atomic E-state index is 6.75. The van der Waals surface area contributed by atoms with Crippen LogP contribution in [0.5, 0.6) is 0 Å². The van der Waals surface area contributed by atoms with E-state index in [-0.39, 0.29) is 0 Å². The van der Waals surface area contributed by atoms with Gasteiger partial charge in [0.15, 0.2) is 12.4 Å². The molecule has 35 heavy (non-hydrogen) atoms. The quantitative estimate of drug-likeness (QED) is 0.267. The molecule has 1 unspecified atom stereocenters. The number of aromatic nitrogens is 2. The van der Waals surface area contributed by atoms with Crippen LogP contribution in [0, 0.1) is 0 Å². The summed E-state index contributed by atoms with van der Waals surface area (Å²) in [5, 5.41) is 1.31. The van der Waals surface area contributed by atoms with Crippen LogP contribution in [0.25, 0.3) is 33.5 Å². The Balaban J connectivity index is 1.57. The smallest absolute Gasteiger partial charge is 0.417 e. The van der Waals surface area contributed by atoms with Gasteiger partial charge in [-0.25, -0.2) is 0 Å². The van der Waals surface area contributed by atoms with E-state index in [1.807, 2.05) is 0 Å². The average Bonchev–Trinajstić information content (AvgIpc) is 3.52. The molecule has 8 rings (SSSR count). The van der Waals surface area contributed by atoms with Crippen molar-refractivity contribution >= 4 is 11.0 Å². The molecular formula is C32H28N2O+2. The summed E-state index contributed by atoms with van der Waals surface area (Å²) < 4.78 is 11.7. The lowest BCUT2D eigenvalue weighted by Gasteiger charge is -2.17. The summed E-state index contributed by atoms with van der Waals surface area (Å²) in [6.45, 7) is 4.55. The number of benzene rings is 2. The fourth-order valence-electron chi connectivity index (χ4n) is 6.96. The van der Waals surface area contributed by atoms with E-state index in [2.05, 4.69) is 102 Å². The standard InChI is InChI=1S/C32H28N2O/c1-20(2)21-16-18-34-28(19-21)30-26(15-14-23-22-9-4-6-13-29(22)35-31(23)30)32(34)25-11-5-3-10-24(25)27-12-7-8-17-33(27)32/h3,5,7-8,10-12,14-20H,4,6,9,13H2,1-2H3/q+2. The van der Waals surface area contributed by atoms with E-state index in [9.17, 15) is 0 Å². The molecule has 1 aliphatic carbocycles. The molecule has 0 saturated carbocycles. The van der Waals surface area contributed by atoms with E-state index >= 15 is 0 Å². The van der Waals surface area contributed by atoms with Crippen LogP contribution in [0.3, 0.4) is 0 Å². The Hall–Kier alpha value is -3.72. The van der Waals surface area contributed by atoms with Gasteiger partial charge in [0.1, 0.15) is 28.0 Å². The Bertz CT molecular complexity index is 1640. The lowest BCUT2D eigenvalue weighted by Crippen LogP contribution is -2.71. The summed E-state index contributed by atoms with van der Waals surface area (Å²) in [7, 11) is 0. The van der Waals surface area contributed by atoms with Gasteiger partial charge in [0.2, 0.25) is 11.4 Å². The van der Waals surface area contributed by atoms with Crippen LogP contribution >= 0.6 is 0 Å². The van der Waals surface area contributed by atoms with Crippen molar-refractivity contribution in [1.29, 1.82) is 0 Å². The molecule has 0 bridgehead atoms. The third kappa shape index (κ3) is 2.27. The molecular weight excluding hydrogens is 428 g/mol.